The van der Waals surface area contributed by atoms with E-state index in [1.807, 2.05) is 13.0 Å². The molecule has 0 radical (unpaired) electrons. The number of aromatic nitrogens is 1. The summed E-state index contributed by atoms with van der Waals surface area (Å²) < 4.78 is 28.3. The van der Waals surface area contributed by atoms with Gasteiger partial charge in [0.05, 0.1) is 4.90 Å². The van der Waals surface area contributed by atoms with Crippen molar-refractivity contribution in [2.75, 3.05) is 19.6 Å². The molecule has 2 aromatic rings. The first-order chi connectivity index (χ1) is 11.1. The van der Waals surface area contributed by atoms with Crippen LogP contribution < -0.4 is 5.32 Å². The molecule has 6 heteroatoms. The predicted molar refractivity (Wildman–Crippen MR) is 89.8 cm³/mol. The first kappa shape index (κ1) is 15.1. The Morgan fingerprint density at radius 3 is 2.87 bits per heavy atom. The predicted octanol–water partition coefficient (Wildman–Crippen LogP) is 1.92. The standard InChI is InChI=1S/C17H21N3O2S/c1-12-7-18-9-14-3-2-4-16(17(12)14)23(21,22)20-10-13-5-6-15(11-20)19-8-13/h2-4,7,9,13,15,19H,5-6,8,10-11H2,1H3. The van der Waals surface area contributed by atoms with E-state index in [2.05, 4.69) is 10.3 Å². The molecular weight excluding hydrogens is 310 g/mol. The van der Waals surface area contributed by atoms with Gasteiger partial charge in [0.25, 0.3) is 0 Å². The number of nitrogens with zero attached hydrogens (tertiary/aromatic N) is 2. The topological polar surface area (TPSA) is 62.3 Å². The molecule has 4 heterocycles. The van der Waals surface area contributed by atoms with Crippen LogP contribution in [-0.2, 0) is 10.0 Å². The highest BCUT2D eigenvalue weighted by Gasteiger charge is 2.36. The average molecular weight is 331 g/mol. The van der Waals surface area contributed by atoms with Crippen LogP contribution in [0.4, 0.5) is 0 Å². The summed E-state index contributed by atoms with van der Waals surface area (Å²) in [5, 5.41) is 5.14. The molecular formula is C17H21N3O2S. The third-order valence-corrected chi connectivity index (χ3v) is 6.93. The maximum Gasteiger partial charge on any atom is 0.243 e. The number of rotatable bonds is 2. The van der Waals surface area contributed by atoms with Crippen LogP contribution in [0.1, 0.15) is 18.4 Å². The van der Waals surface area contributed by atoms with E-state index in [-0.39, 0.29) is 6.04 Å². The minimum Gasteiger partial charge on any atom is -0.312 e. The molecule has 2 bridgehead atoms. The fraction of sp³-hybridized carbons (Fsp3) is 0.471. The molecule has 3 saturated heterocycles. The summed E-state index contributed by atoms with van der Waals surface area (Å²) in [5.74, 6) is 0.418. The zero-order chi connectivity index (χ0) is 16.0. The first-order valence-electron chi connectivity index (χ1n) is 8.12. The molecule has 122 valence electrons. The Bertz CT molecular complexity index is 823. The molecule has 1 aromatic carbocycles. The van der Waals surface area contributed by atoms with Gasteiger partial charge in [0, 0.05) is 42.3 Å². The van der Waals surface area contributed by atoms with Gasteiger partial charge in [0.2, 0.25) is 10.0 Å². The minimum atomic E-state index is -3.49. The number of nitrogens with one attached hydrogen (secondary N) is 1. The van der Waals surface area contributed by atoms with Gasteiger partial charge in [0.1, 0.15) is 0 Å². The lowest BCUT2D eigenvalue weighted by Gasteiger charge is -2.23. The van der Waals surface area contributed by atoms with Crippen LogP contribution >= 0.6 is 0 Å². The van der Waals surface area contributed by atoms with Crippen LogP contribution in [0.5, 0.6) is 0 Å². The second-order valence-corrected chi connectivity index (χ2v) is 8.59. The smallest absolute Gasteiger partial charge is 0.243 e. The average Bonchev–Trinajstić information content (AvgIpc) is 2.89. The molecule has 2 unspecified atom stereocenters. The summed E-state index contributed by atoms with van der Waals surface area (Å²) in [5.41, 5.74) is 0.901. The highest BCUT2D eigenvalue weighted by atomic mass is 32.2. The van der Waals surface area contributed by atoms with E-state index in [0.717, 1.165) is 35.7 Å². The second-order valence-electron chi connectivity index (χ2n) is 6.68. The van der Waals surface area contributed by atoms with Gasteiger partial charge >= 0.3 is 0 Å². The Hall–Kier alpha value is -1.50. The summed E-state index contributed by atoms with van der Waals surface area (Å²) in [6.45, 7) is 4.03. The van der Waals surface area contributed by atoms with E-state index in [1.165, 1.54) is 0 Å². The van der Waals surface area contributed by atoms with Crippen molar-refractivity contribution in [1.29, 1.82) is 0 Å². The van der Waals surface area contributed by atoms with Crippen molar-refractivity contribution in [3.05, 3.63) is 36.2 Å². The Labute approximate surface area is 136 Å². The molecule has 23 heavy (non-hydrogen) atoms. The van der Waals surface area contributed by atoms with Gasteiger partial charge in [-0.1, -0.05) is 12.1 Å². The van der Waals surface area contributed by atoms with E-state index in [9.17, 15) is 8.42 Å². The molecule has 0 amide bonds. The van der Waals surface area contributed by atoms with Gasteiger partial charge in [-0.15, -0.1) is 0 Å². The van der Waals surface area contributed by atoms with E-state index in [4.69, 9.17) is 0 Å². The molecule has 0 saturated carbocycles. The highest BCUT2D eigenvalue weighted by Crippen LogP contribution is 2.31. The number of hydrogen-bond acceptors (Lipinski definition) is 4. The SMILES string of the molecule is Cc1cncc2cccc(S(=O)(=O)N3CC4CCC(C3)NC4)c12. The number of fused-ring (bicyclic) bond motifs is 5. The Kier molecular flexibility index (Phi) is 3.63. The van der Waals surface area contributed by atoms with Crippen LogP contribution in [0, 0.1) is 12.8 Å². The Morgan fingerprint density at radius 1 is 1.22 bits per heavy atom. The number of pyridine rings is 1. The summed E-state index contributed by atoms with van der Waals surface area (Å²) in [7, 11) is -3.49. The number of hydrogen-bond donors (Lipinski definition) is 1. The lowest BCUT2D eigenvalue weighted by atomic mass is 9.97. The van der Waals surface area contributed by atoms with Crippen LogP contribution in [-0.4, -0.2) is 43.4 Å². The van der Waals surface area contributed by atoms with E-state index in [0.29, 0.717) is 23.9 Å². The maximum atomic E-state index is 13.3. The van der Waals surface area contributed by atoms with Crippen LogP contribution in [0.3, 0.4) is 0 Å². The summed E-state index contributed by atoms with van der Waals surface area (Å²) in [6, 6.07) is 5.73. The van der Waals surface area contributed by atoms with Crippen molar-refractivity contribution in [2.45, 2.75) is 30.7 Å². The minimum absolute atomic E-state index is 0.279. The molecule has 0 aliphatic carbocycles. The molecule has 3 fully saturated rings. The molecule has 2 atom stereocenters. The molecule has 5 rings (SSSR count). The van der Waals surface area contributed by atoms with Crippen LogP contribution in [0.25, 0.3) is 10.8 Å². The second kappa shape index (κ2) is 5.54. The summed E-state index contributed by atoms with van der Waals surface area (Å²) in [6.07, 6.45) is 5.64. The lowest BCUT2D eigenvalue weighted by molar-refractivity contribution is 0.357. The van der Waals surface area contributed by atoms with Crippen molar-refractivity contribution in [2.24, 2.45) is 5.92 Å². The van der Waals surface area contributed by atoms with Gasteiger partial charge in [-0.05, 0) is 43.9 Å². The zero-order valence-corrected chi connectivity index (χ0v) is 14.0. The third-order valence-electron chi connectivity index (χ3n) is 5.06. The number of sulfonamides is 1. The monoisotopic (exact) mass is 331 g/mol. The molecule has 3 aliphatic rings. The van der Waals surface area contributed by atoms with Crippen LogP contribution in [0.2, 0.25) is 0 Å². The molecule has 5 nitrogen and oxygen atoms in total. The fourth-order valence-corrected chi connectivity index (χ4v) is 5.67. The largest absolute Gasteiger partial charge is 0.312 e. The van der Waals surface area contributed by atoms with Crippen molar-refractivity contribution in [1.82, 2.24) is 14.6 Å². The van der Waals surface area contributed by atoms with Gasteiger partial charge in [-0.25, -0.2) is 8.42 Å². The summed E-state index contributed by atoms with van der Waals surface area (Å²) in [4.78, 5) is 4.59. The number of piperidine rings is 1. The lowest BCUT2D eigenvalue weighted by Crippen LogP contribution is -2.40. The van der Waals surface area contributed by atoms with Gasteiger partial charge in [-0.2, -0.15) is 4.31 Å². The fourth-order valence-electron chi connectivity index (χ4n) is 3.82. The van der Waals surface area contributed by atoms with Crippen molar-refractivity contribution in [3.63, 3.8) is 0 Å². The summed E-state index contributed by atoms with van der Waals surface area (Å²) >= 11 is 0. The first-order valence-corrected chi connectivity index (χ1v) is 9.56. The van der Waals surface area contributed by atoms with Crippen LogP contribution in [0.15, 0.2) is 35.5 Å². The van der Waals surface area contributed by atoms with Crippen molar-refractivity contribution in [3.8, 4) is 0 Å². The van der Waals surface area contributed by atoms with E-state index in [1.54, 1.807) is 28.8 Å². The van der Waals surface area contributed by atoms with Gasteiger partial charge in [-0.3, -0.25) is 4.98 Å². The maximum absolute atomic E-state index is 13.3. The zero-order valence-electron chi connectivity index (χ0n) is 13.2. The quantitative estimate of drug-likeness (QED) is 0.913. The van der Waals surface area contributed by atoms with Crippen molar-refractivity contribution < 1.29 is 8.42 Å². The molecule has 1 N–H and O–H groups in total. The Balaban J connectivity index is 1.83. The highest BCUT2D eigenvalue weighted by molar-refractivity contribution is 7.89. The normalized spacial score (nSPS) is 25.6. The molecule has 3 aliphatic heterocycles. The molecule has 0 spiro atoms. The van der Waals surface area contributed by atoms with Gasteiger partial charge in [0.15, 0.2) is 0 Å². The third kappa shape index (κ3) is 2.55. The van der Waals surface area contributed by atoms with E-state index < -0.39 is 10.0 Å². The van der Waals surface area contributed by atoms with Crippen molar-refractivity contribution >= 4 is 20.8 Å². The molecule has 1 aromatic heterocycles. The number of aryl methyl sites for hydroxylation is 1. The van der Waals surface area contributed by atoms with Gasteiger partial charge < -0.3 is 5.32 Å². The Morgan fingerprint density at radius 2 is 2.09 bits per heavy atom. The number of benzene rings is 1. The van der Waals surface area contributed by atoms with E-state index >= 15 is 0 Å².